The number of benzene rings is 2. The van der Waals surface area contributed by atoms with Crippen molar-refractivity contribution in [1.29, 1.82) is 0 Å². The molecule has 0 unspecified atom stereocenters. The molecule has 0 heterocycles. The molecule has 5 nitrogen and oxygen atoms in total. The van der Waals surface area contributed by atoms with E-state index in [-0.39, 0.29) is 22.6 Å². The molecule has 0 aliphatic heterocycles. The van der Waals surface area contributed by atoms with E-state index in [0.29, 0.717) is 6.07 Å². The smallest absolute Gasteiger partial charge is 0.335 e. The van der Waals surface area contributed by atoms with Crippen molar-refractivity contribution >= 4 is 16.0 Å². The number of carbonyl (C=O) groups is 1. The Bertz CT molecular complexity index is 804. The number of halogens is 2. The molecular weight excluding hydrogens is 316 g/mol. The van der Waals surface area contributed by atoms with E-state index in [1.54, 1.807) is 0 Å². The second-order valence-corrected chi connectivity index (χ2v) is 6.16. The first-order valence-electron chi connectivity index (χ1n) is 6.06. The Hall–Kier alpha value is -2.32. The van der Waals surface area contributed by atoms with Crippen LogP contribution < -0.4 is 4.72 Å². The van der Waals surface area contributed by atoms with Crippen LogP contribution in [-0.2, 0) is 16.6 Å². The van der Waals surface area contributed by atoms with Crippen LogP contribution in [0.1, 0.15) is 15.9 Å². The Kier molecular flexibility index (Phi) is 4.53. The lowest BCUT2D eigenvalue weighted by Crippen LogP contribution is -2.23. The van der Waals surface area contributed by atoms with Gasteiger partial charge in [0, 0.05) is 18.2 Å². The Balaban J connectivity index is 2.15. The third-order valence-electron chi connectivity index (χ3n) is 2.88. The average molecular weight is 327 g/mol. The maximum Gasteiger partial charge on any atom is 0.335 e. The summed E-state index contributed by atoms with van der Waals surface area (Å²) in [4.78, 5) is 10.5. The molecule has 0 aliphatic rings. The molecule has 2 aromatic carbocycles. The van der Waals surface area contributed by atoms with Gasteiger partial charge in [0.05, 0.1) is 10.5 Å². The van der Waals surface area contributed by atoms with Gasteiger partial charge in [-0.05, 0) is 30.3 Å². The van der Waals surface area contributed by atoms with Gasteiger partial charge in [0.1, 0.15) is 11.6 Å². The van der Waals surface area contributed by atoms with E-state index in [1.807, 2.05) is 0 Å². The third-order valence-corrected chi connectivity index (χ3v) is 4.30. The number of hydrogen-bond donors (Lipinski definition) is 2. The summed E-state index contributed by atoms with van der Waals surface area (Å²) in [6.45, 7) is -0.352. The van der Waals surface area contributed by atoms with Crippen molar-refractivity contribution in [3.63, 3.8) is 0 Å². The molecule has 22 heavy (non-hydrogen) atoms. The van der Waals surface area contributed by atoms with Gasteiger partial charge < -0.3 is 5.11 Å². The van der Waals surface area contributed by atoms with Crippen LogP contribution in [0.3, 0.4) is 0 Å². The highest BCUT2D eigenvalue weighted by atomic mass is 32.2. The van der Waals surface area contributed by atoms with E-state index in [1.165, 1.54) is 0 Å². The number of sulfonamides is 1. The molecule has 0 aliphatic carbocycles. The number of aromatic carboxylic acids is 1. The Morgan fingerprint density at radius 1 is 1.09 bits per heavy atom. The van der Waals surface area contributed by atoms with E-state index in [2.05, 4.69) is 4.72 Å². The van der Waals surface area contributed by atoms with Gasteiger partial charge in [0.15, 0.2) is 0 Å². The van der Waals surface area contributed by atoms with Crippen LogP contribution in [0.15, 0.2) is 47.4 Å². The molecule has 0 radical (unpaired) electrons. The van der Waals surface area contributed by atoms with Crippen molar-refractivity contribution in [2.45, 2.75) is 11.4 Å². The van der Waals surface area contributed by atoms with Gasteiger partial charge in [-0.1, -0.05) is 6.07 Å². The predicted octanol–water partition coefficient (Wildman–Crippen LogP) is 2.14. The van der Waals surface area contributed by atoms with Gasteiger partial charge >= 0.3 is 5.97 Å². The van der Waals surface area contributed by atoms with Crippen molar-refractivity contribution in [2.24, 2.45) is 0 Å². The van der Waals surface area contributed by atoms with Gasteiger partial charge in [-0.2, -0.15) is 0 Å². The normalized spacial score (nSPS) is 11.4. The fraction of sp³-hybridized carbons (Fsp3) is 0.0714. The second-order valence-electron chi connectivity index (χ2n) is 4.39. The molecule has 0 bridgehead atoms. The van der Waals surface area contributed by atoms with Crippen LogP contribution >= 0.6 is 0 Å². The zero-order chi connectivity index (χ0) is 16.3. The fourth-order valence-electron chi connectivity index (χ4n) is 1.70. The highest BCUT2D eigenvalue weighted by Crippen LogP contribution is 2.13. The minimum absolute atomic E-state index is 0.00729. The monoisotopic (exact) mass is 327 g/mol. The number of hydrogen-bond acceptors (Lipinski definition) is 3. The summed E-state index contributed by atoms with van der Waals surface area (Å²) in [6.07, 6.45) is 0. The van der Waals surface area contributed by atoms with Crippen molar-refractivity contribution in [3.8, 4) is 0 Å². The van der Waals surface area contributed by atoms with Crippen LogP contribution in [0.4, 0.5) is 8.78 Å². The predicted molar refractivity (Wildman–Crippen MR) is 73.8 cm³/mol. The largest absolute Gasteiger partial charge is 0.478 e. The topological polar surface area (TPSA) is 83.5 Å². The Morgan fingerprint density at radius 3 is 2.27 bits per heavy atom. The van der Waals surface area contributed by atoms with Crippen LogP contribution in [0, 0.1) is 11.6 Å². The summed E-state index contributed by atoms with van der Waals surface area (Å²) in [6, 6.07) is 7.38. The summed E-state index contributed by atoms with van der Waals surface area (Å²) in [7, 11) is -3.93. The number of rotatable bonds is 5. The first-order chi connectivity index (χ1) is 10.3. The zero-order valence-corrected chi connectivity index (χ0v) is 11.9. The standard InChI is InChI=1S/C14H11F2NO4S/c15-11-4-1-10(13(16)7-11)8-17-22(20,21)12-5-2-9(3-6-12)14(18)19/h1-7,17H,8H2,(H,18,19). The maximum absolute atomic E-state index is 13.4. The van der Waals surface area contributed by atoms with Crippen molar-refractivity contribution in [2.75, 3.05) is 0 Å². The van der Waals surface area contributed by atoms with Gasteiger partial charge in [-0.3, -0.25) is 0 Å². The minimum atomic E-state index is -3.93. The average Bonchev–Trinajstić information content (AvgIpc) is 2.46. The van der Waals surface area contributed by atoms with E-state index < -0.39 is 27.6 Å². The van der Waals surface area contributed by atoms with Crippen molar-refractivity contribution in [1.82, 2.24) is 4.72 Å². The highest BCUT2D eigenvalue weighted by Gasteiger charge is 2.15. The Morgan fingerprint density at radius 2 is 1.73 bits per heavy atom. The molecule has 0 amide bonds. The molecule has 116 valence electrons. The highest BCUT2D eigenvalue weighted by molar-refractivity contribution is 7.89. The molecule has 0 atom stereocenters. The van der Waals surface area contributed by atoms with E-state index >= 15 is 0 Å². The second kappa shape index (κ2) is 6.20. The summed E-state index contributed by atoms with van der Waals surface area (Å²) in [5.41, 5.74) is -0.0596. The van der Waals surface area contributed by atoms with Crippen molar-refractivity contribution in [3.05, 3.63) is 65.2 Å². The van der Waals surface area contributed by atoms with Crippen LogP contribution in [-0.4, -0.2) is 19.5 Å². The molecule has 8 heteroatoms. The van der Waals surface area contributed by atoms with E-state index in [4.69, 9.17) is 5.11 Å². The minimum Gasteiger partial charge on any atom is -0.478 e. The lowest BCUT2D eigenvalue weighted by Gasteiger charge is -2.08. The lowest BCUT2D eigenvalue weighted by molar-refractivity contribution is 0.0696. The van der Waals surface area contributed by atoms with Gasteiger partial charge in [-0.25, -0.2) is 26.7 Å². The fourth-order valence-corrected chi connectivity index (χ4v) is 2.70. The first-order valence-corrected chi connectivity index (χ1v) is 7.55. The van der Waals surface area contributed by atoms with E-state index in [0.717, 1.165) is 36.4 Å². The number of carboxylic acids is 1. The quantitative estimate of drug-likeness (QED) is 0.881. The number of carboxylic acid groups (broad SMARTS) is 1. The van der Waals surface area contributed by atoms with Gasteiger partial charge in [0.25, 0.3) is 0 Å². The molecule has 0 spiro atoms. The molecule has 2 rings (SSSR count). The molecule has 0 aromatic heterocycles. The molecule has 0 saturated carbocycles. The van der Waals surface area contributed by atoms with Gasteiger partial charge in [0.2, 0.25) is 10.0 Å². The van der Waals surface area contributed by atoms with Crippen LogP contribution in [0.25, 0.3) is 0 Å². The molecule has 0 saturated heterocycles. The first kappa shape index (κ1) is 16.1. The molecule has 2 aromatic rings. The van der Waals surface area contributed by atoms with E-state index in [9.17, 15) is 22.0 Å². The number of nitrogens with one attached hydrogen (secondary N) is 1. The Labute approximate surface area is 125 Å². The third kappa shape index (κ3) is 3.66. The SMILES string of the molecule is O=C(O)c1ccc(S(=O)(=O)NCc2ccc(F)cc2F)cc1. The molecule has 2 N–H and O–H groups in total. The summed E-state index contributed by atoms with van der Waals surface area (Å²) >= 11 is 0. The summed E-state index contributed by atoms with van der Waals surface area (Å²) < 4.78 is 52.4. The summed E-state index contributed by atoms with van der Waals surface area (Å²) in [5, 5.41) is 8.75. The summed E-state index contributed by atoms with van der Waals surface area (Å²) in [5.74, 6) is -2.79. The zero-order valence-electron chi connectivity index (χ0n) is 11.1. The molecule has 0 fully saturated rings. The van der Waals surface area contributed by atoms with Crippen LogP contribution in [0.5, 0.6) is 0 Å². The molecular formula is C14H11F2NO4S. The maximum atomic E-state index is 13.4. The van der Waals surface area contributed by atoms with Crippen LogP contribution in [0.2, 0.25) is 0 Å². The van der Waals surface area contributed by atoms with Gasteiger partial charge in [-0.15, -0.1) is 0 Å². The lowest BCUT2D eigenvalue weighted by atomic mass is 10.2. The van der Waals surface area contributed by atoms with Crippen molar-refractivity contribution < 1.29 is 27.1 Å².